The predicted molar refractivity (Wildman–Crippen MR) is 156 cm³/mol. The molecule has 2 fully saturated rings. The molecule has 3 aromatic heterocycles. The molecule has 0 atom stereocenters. The number of benzene rings is 1. The fourth-order valence-electron chi connectivity index (χ4n) is 5.64. The third kappa shape index (κ3) is 5.75. The number of imidazole rings is 1. The van der Waals surface area contributed by atoms with Gasteiger partial charge in [-0.25, -0.2) is 9.99 Å². The normalized spacial score (nSPS) is 16.6. The van der Waals surface area contributed by atoms with Gasteiger partial charge in [-0.1, -0.05) is 37.1 Å². The summed E-state index contributed by atoms with van der Waals surface area (Å²) in [5.41, 5.74) is 7.91. The molecular formula is C30H34N10O. The van der Waals surface area contributed by atoms with Gasteiger partial charge < -0.3 is 9.47 Å². The molecule has 0 bridgehead atoms. The summed E-state index contributed by atoms with van der Waals surface area (Å²) < 4.78 is 1.73. The van der Waals surface area contributed by atoms with Crippen molar-refractivity contribution < 1.29 is 4.79 Å². The number of likely N-dealkylation sites (N-methyl/N-ethyl adjacent to an activating group) is 1. The molecule has 210 valence electrons. The number of amides is 1. The largest absolute Gasteiger partial charge is 0.318 e. The average Bonchev–Trinajstić information content (AvgIpc) is 3.67. The van der Waals surface area contributed by atoms with Crippen LogP contribution in [0.4, 0.5) is 5.82 Å². The molecule has 4 aromatic rings. The summed E-state index contributed by atoms with van der Waals surface area (Å²) in [7, 11) is 3.98. The van der Waals surface area contributed by atoms with Crippen molar-refractivity contribution in [1.82, 2.24) is 39.3 Å². The molecule has 1 saturated carbocycles. The van der Waals surface area contributed by atoms with Crippen LogP contribution in [0.3, 0.4) is 0 Å². The van der Waals surface area contributed by atoms with Crippen LogP contribution in [-0.2, 0) is 13.6 Å². The van der Waals surface area contributed by atoms with Crippen LogP contribution in [0.15, 0.2) is 49.1 Å². The van der Waals surface area contributed by atoms with E-state index in [-0.39, 0.29) is 17.8 Å². The zero-order chi connectivity index (χ0) is 28.3. The number of hydrazine groups is 1. The smallest absolute Gasteiger partial charge is 0.274 e. The summed E-state index contributed by atoms with van der Waals surface area (Å²) >= 11 is 0. The zero-order valence-electron chi connectivity index (χ0n) is 23.5. The van der Waals surface area contributed by atoms with Gasteiger partial charge in [0, 0.05) is 57.7 Å². The van der Waals surface area contributed by atoms with Gasteiger partial charge in [0.05, 0.1) is 17.9 Å². The molecule has 4 heterocycles. The van der Waals surface area contributed by atoms with Crippen molar-refractivity contribution in [3.63, 3.8) is 0 Å². The number of aryl methyl sites for hydroxylation is 1. The first-order valence-corrected chi connectivity index (χ1v) is 14.1. The van der Waals surface area contributed by atoms with Crippen LogP contribution in [0.2, 0.25) is 0 Å². The Balaban J connectivity index is 1.24. The van der Waals surface area contributed by atoms with Crippen molar-refractivity contribution in [2.24, 2.45) is 7.05 Å². The van der Waals surface area contributed by atoms with Crippen LogP contribution in [0.25, 0.3) is 22.3 Å². The number of hydrogen-bond donors (Lipinski definition) is 1. The minimum absolute atomic E-state index is 0.0146. The van der Waals surface area contributed by atoms with E-state index in [9.17, 15) is 10.1 Å². The van der Waals surface area contributed by atoms with Crippen molar-refractivity contribution in [2.75, 3.05) is 38.7 Å². The minimum atomic E-state index is -0.195. The van der Waals surface area contributed by atoms with E-state index >= 15 is 0 Å². The van der Waals surface area contributed by atoms with Gasteiger partial charge in [-0.2, -0.15) is 15.2 Å². The number of anilines is 1. The number of nitriles is 1. The van der Waals surface area contributed by atoms with Gasteiger partial charge in [-0.15, -0.1) is 0 Å². The number of carbonyl (C=O) groups is 1. The highest BCUT2D eigenvalue weighted by atomic mass is 16.2. The summed E-state index contributed by atoms with van der Waals surface area (Å²) in [4.78, 5) is 36.3. The number of nitrogens with one attached hydrogen (secondary N) is 1. The Morgan fingerprint density at radius 3 is 2.54 bits per heavy atom. The summed E-state index contributed by atoms with van der Waals surface area (Å²) in [5, 5.41) is 11.1. The molecule has 1 aliphatic heterocycles. The van der Waals surface area contributed by atoms with E-state index in [4.69, 9.17) is 0 Å². The number of carbonyl (C=O) groups excluding carboxylic acids is 1. The Morgan fingerprint density at radius 1 is 1.05 bits per heavy atom. The van der Waals surface area contributed by atoms with Gasteiger partial charge >= 0.3 is 0 Å². The summed E-state index contributed by atoms with van der Waals surface area (Å²) in [6.45, 7) is 5.29. The van der Waals surface area contributed by atoms with Crippen molar-refractivity contribution in [3.8, 4) is 17.2 Å². The van der Waals surface area contributed by atoms with E-state index in [2.05, 4.69) is 66.5 Å². The first kappa shape index (κ1) is 26.8. The molecule has 0 spiro atoms. The summed E-state index contributed by atoms with van der Waals surface area (Å²) in [6.07, 6.45) is 8.86. The molecule has 11 heteroatoms. The molecule has 6 rings (SSSR count). The number of nitrogens with zero attached hydrogens (tertiary/aromatic N) is 9. The van der Waals surface area contributed by atoms with Gasteiger partial charge in [-0.05, 0) is 37.1 Å². The monoisotopic (exact) mass is 550 g/mol. The summed E-state index contributed by atoms with van der Waals surface area (Å²) in [5.74, 6) is 0.161. The van der Waals surface area contributed by atoms with Crippen molar-refractivity contribution in [2.45, 2.75) is 38.3 Å². The minimum Gasteiger partial charge on any atom is -0.318 e. The van der Waals surface area contributed by atoms with Crippen LogP contribution >= 0.6 is 0 Å². The lowest BCUT2D eigenvalue weighted by atomic mass is 10.0. The van der Waals surface area contributed by atoms with E-state index in [0.29, 0.717) is 22.5 Å². The molecule has 2 aliphatic rings. The first-order valence-electron chi connectivity index (χ1n) is 14.1. The number of aromatic nitrogens is 5. The quantitative estimate of drug-likeness (QED) is 0.345. The second kappa shape index (κ2) is 11.6. The number of piperazine rings is 1. The SMILES string of the molecule is CN1CCN(Cc2ccc(-c3cncc(C(=O)N(Nc4nc(C#N)nc5c4ncn5C)C4CCCC4)c3)cc2)CC1. The highest BCUT2D eigenvalue weighted by Crippen LogP contribution is 2.28. The van der Waals surface area contributed by atoms with Crippen LogP contribution in [0.1, 0.15) is 47.4 Å². The number of fused-ring (bicyclic) bond motifs is 1. The maximum absolute atomic E-state index is 14.0. The second-order valence-corrected chi connectivity index (χ2v) is 11.0. The Bertz CT molecular complexity index is 1580. The summed E-state index contributed by atoms with van der Waals surface area (Å²) in [6, 6.07) is 12.4. The number of hydrogen-bond acceptors (Lipinski definition) is 9. The van der Waals surface area contributed by atoms with Gasteiger partial charge in [0.1, 0.15) is 6.07 Å². The highest BCUT2D eigenvalue weighted by molar-refractivity contribution is 5.96. The Hall–Kier alpha value is -4.40. The van der Waals surface area contributed by atoms with Crippen molar-refractivity contribution >= 4 is 22.9 Å². The van der Waals surface area contributed by atoms with Gasteiger partial charge in [0.2, 0.25) is 5.82 Å². The molecule has 1 aromatic carbocycles. The zero-order valence-corrected chi connectivity index (χ0v) is 23.5. The lowest BCUT2D eigenvalue weighted by molar-refractivity contribution is 0.0731. The Morgan fingerprint density at radius 2 is 1.80 bits per heavy atom. The molecule has 1 aliphatic carbocycles. The molecular weight excluding hydrogens is 516 g/mol. The third-order valence-corrected chi connectivity index (χ3v) is 8.07. The van der Waals surface area contributed by atoms with E-state index in [1.54, 1.807) is 28.3 Å². The molecule has 0 radical (unpaired) electrons. The lowest BCUT2D eigenvalue weighted by Crippen LogP contribution is -2.43. The van der Waals surface area contributed by atoms with Gasteiger partial charge in [-0.3, -0.25) is 20.1 Å². The van der Waals surface area contributed by atoms with Gasteiger partial charge in [0.25, 0.3) is 5.91 Å². The van der Waals surface area contributed by atoms with Crippen LogP contribution in [-0.4, -0.2) is 84.5 Å². The van der Waals surface area contributed by atoms with E-state index in [0.717, 1.165) is 69.5 Å². The average molecular weight is 551 g/mol. The molecule has 1 amide bonds. The second-order valence-electron chi connectivity index (χ2n) is 11.0. The maximum atomic E-state index is 14.0. The molecule has 1 N–H and O–H groups in total. The van der Waals surface area contributed by atoms with Gasteiger partial charge in [0.15, 0.2) is 17.0 Å². The first-order chi connectivity index (χ1) is 20.0. The van der Waals surface area contributed by atoms with Crippen LogP contribution < -0.4 is 5.43 Å². The lowest BCUT2D eigenvalue weighted by Gasteiger charge is -2.32. The molecule has 41 heavy (non-hydrogen) atoms. The fourth-order valence-corrected chi connectivity index (χ4v) is 5.64. The molecule has 1 saturated heterocycles. The standard InChI is InChI=1S/C30H34N10O/c1-37-11-13-39(14-12-37)19-21-7-9-22(10-8-21)23-15-24(18-32-17-23)30(41)40(25-5-3-4-6-25)36-28-27-29(38(2)20-33-27)35-26(16-31)34-28/h7-10,15,17-18,20,25H,3-6,11-14,19H2,1-2H3,(H,34,35,36). The van der Waals surface area contributed by atoms with E-state index in [1.807, 2.05) is 19.2 Å². The topological polar surface area (TPSA) is 119 Å². The molecule has 0 unspecified atom stereocenters. The number of rotatable bonds is 7. The van der Waals surface area contributed by atoms with E-state index < -0.39 is 0 Å². The predicted octanol–water partition coefficient (Wildman–Crippen LogP) is 3.46. The Labute approximate surface area is 239 Å². The fraction of sp³-hybridized carbons (Fsp3) is 0.400. The third-order valence-electron chi connectivity index (χ3n) is 8.07. The number of pyridine rings is 1. The van der Waals surface area contributed by atoms with E-state index in [1.165, 1.54) is 5.56 Å². The Kier molecular flexibility index (Phi) is 7.59. The molecule has 11 nitrogen and oxygen atoms in total. The highest BCUT2D eigenvalue weighted by Gasteiger charge is 2.30. The van der Waals surface area contributed by atoms with Crippen LogP contribution in [0, 0.1) is 11.3 Å². The van der Waals surface area contributed by atoms with Crippen molar-refractivity contribution in [1.29, 1.82) is 5.26 Å². The maximum Gasteiger partial charge on any atom is 0.274 e. The van der Waals surface area contributed by atoms with Crippen LogP contribution in [0.5, 0.6) is 0 Å². The van der Waals surface area contributed by atoms with Crippen molar-refractivity contribution in [3.05, 3.63) is 66.0 Å².